The quantitative estimate of drug-likeness (QED) is 0.399. The number of carbonyl (C=O) groups is 1. The van der Waals surface area contributed by atoms with Crippen molar-refractivity contribution in [2.45, 2.75) is 39.5 Å². The Labute approximate surface area is 112 Å². The zero-order valence-corrected chi connectivity index (χ0v) is 12.1. The van der Waals surface area contributed by atoms with Gasteiger partial charge >= 0.3 is 0 Å². The third-order valence-corrected chi connectivity index (χ3v) is 2.18. The van der Waals surface area contributed by atoms with Crippen LogP contribution in [-0.4, -0.2) is 45.1 Å². The van der Waals surface area contributed by atoms with Crippen LogP contribution in [0.3, 0.4) is 0 Å². The van der Waals surface area contributed by atoms with Crippen molar-refractivity contribution in [3.8, 4) is 0 Å². The first kappa shape index (κ1) is 19.8. The first-order valence-corrected chi connectivity index (χ1v) is 7.06. The molecule has 5 nitrogen and oxygen atoms in total. The fourth-order valence-electron chi connectivity index (χ4n) is 1.31. The summed E-state index contributed by atoms with van der Waals surface area (Å²) in [5, 5.41) is 6.33. The molecule has 0 radical (unpaired) electrons. The molecule has 0 saturated heterocycles. The highest BCUT2D eigenvalue weighted by molar-refractivity contribution is 5.78. The van der Waals surface area contributed by atoms with Gasteiger partial charge in [0, 0.05) is 52.1 Å². The van der Waals surface area contributed by atoms with Crippen molar-refractivity contribution in [3.63, 3.8) is 0 Å². The number of carbonyl (C=O) groups excluding carboxylic acids is 1. The molecule has 0 heterocycles. The number of nitrogens with two attached hydrogens (primary N) is 2. The highest BCUT2D eigenvalue weighted by atomic mass is 16.1. The standard InChI is InChI=1S/C7H14O.C6H18N4/c1-3-5-7(8)6-4-2;7-1-3-9-5-6-10-4-2-8/h3-6H2,1-2H3;9-10H,1-8H2. The highest BCUT2D eigenvalue weighted by Gasteiger charge is 1.94. The molecule has 0 aliphatic carbocycles. The second-order valence-corrected chi connectivity index (χ2v) is 4.12. The topological polar surface area (TPSA) is 93.2 Å². The van der Waals surface area contributed by atoms with Crippen LogP contribution in [0.15, 0.2) is 0 Å². The Morgan fingerprint density at radius 2 is 1.22 bits per heavy atom. The molecule has 0 spiro atoms. The summed E-state index contributed by atoms with van der Waals surface area (Å²) in [5.74, 6) is 0.412. The fourth-order valence-corrected chi connectivity index (χ4v) is 1.31. The number of hydrogen-bond donors (Lipinski definition) is 4. The van der Waals surface area contributed by atoms with Gasteiger partial charge < -0.3 is 22.1 Å². The third-order valence-electron chi connectivity index (χ3n) is 2.18. The van der Waals surface area contributed by atoms with Gasteiger partial charge in [0.2, 0.25) is 0 Å². The molecule has 0 saturated carbocycles. The number of rotatable bonds is 11. The summed E-state index contributed by atoms with van der Waals surface area (Å²) in [4.78, 5) is 10.6. The van der Waals surface area contributed by atoms with Crippen LogP contribution >= 0.6 is 0 Å². The molecule has 0 atom stereocenters. The maximum absolute atomic E-state index is 10.6. The Morgan fingerprint density at radius 3 is 1.50 bits per heavy atom. The van der Waals surface area contributed by atoms with Crippen molar-refractivity contribution in [3.05, 3.63) is 0 Å². The summed E-state index contributed by atoms with van der Waals surface area (Å²) in [6.45, 7) is 9.21. The van der Waals surface area contributed by atoms with E-state index in [-0.39, 0.29) is 0 Å². The molecule has 0 aliphatic rings. The van der Waals surface area contributed by atoms with Crippen molar-refractivity contribution in [2.24, 2.45) is 11.5 Å². The van der Waals surface area contributed by atoms with E-state index in [2.05, 4.69) is 10.6 Å². The molecule has 0 amide bonds. The molecule has 18 heavy (non-hydrogen) atoms. The lowest BCUT2D eigenvalue weighted by Crippen LogP contribution is -2.32. The van der Waals surface area contributed by atoms with E-state index in [4.69, 9.17) is 11.5 Å². The van der Waals surface area contributed by atoms with Crippen LogP contribution in [0.5, 0.6) is 0 Å². The lowest BCUT2D eigenvalue weighted by Gasteiger charge is -2.03. The van der Waals surface area contributed by atoms with Crippen LogP contribution in [-0.2, 0) is 4.79 Å². The lowest BCUT2D eigenvalue weighted by molar-refractivity contribution is -0.119. The molecule has 0 aliphatic heterocycles. The fraction of sp³-hybridized carbons (Fsp3) is 0.923. The van der Waals surface area contributed by atoms with Crippen molar-refractivity contribution in [1.82, 2.24) is 10.6 Å². The van der Waals surface area contributed by atoms with Crippen molar-refractivity contribution < 1.29 is 4.79 Å². The molecule has 0 aromatic rings. The second kappa shape index (κ2) is 18.9. The van der Waals surface area contributed by atoms with Crippen molar-refractivity contribution in [2.75, 3.05) is 39.3 Å². The summed E-state index contributed by atoms with van der Waals surface area (Å²) in [7, 11) is 0. The minimum Gasteiger partial charge on any atom is -0.329 e. The summed E-state index contributed by atoms with van der Waals surface area (Å²) >= 11 is 0. The van der Waals surface area contributed by atoms with Crippen LogP contribution < -0.4 is 22.1 Å². The Morgan fingerprint density at radius 1 is 0.833 bits per heavy atom. The zero-order chi connectivity index (χ0) is 14.1. The van der Waals surface area contributed by atoms with E-state index in [0.29, 0.717) is 18.9 Å². The van der Waals surface area contributed by atoms with Gasteiger partial charge in [-0.2, -0.15) is 0 Å². The highest BCUT2D eigenvalue weighted by Crippen LogP contribution is 1.95. The van der Waals surface area contributed by atoms with Gasteiger partial charge in [-0.1, -0.05) is 13.8 Å². The minimum atomic E-state index is 0.412. The zero-order valence-electron chi connectivity index (χ0n) is 12.1. The Kier molecular flexibility index (Phi) is 20.8. The van der Waals surface area contributed by atoms with Gasteiger partial charge in [-0.25, -0.2) is 0 Å². The average Bonchev–Trinajstić information content (AvgIpc) is 2.35. The summed E-state index contributed by atoms with van der Waals surface area (Å²) in [5.41, 5.74) is 10.5. The second-order valence-electron chi connectivity index (χ2n) is 4.12. The van der Waals surface area contributed by atoms with Gasteiger partial charge in [0.05, 0.1) is 0 Å². The minimum absolute atomic E-state index is 0.412. The number of ketones is 1. The predicted molar refractivity (Wildman–Crippen MR) is 78.7 cm³/mol. The van der Waals surface area contributed by atoms with Crippen LogP contribution in [0.1, 0.15) is 39.5 Å². The SMILES string of the molecule is CCCC(=O)CCC.NCCNCCNCCN. The molecule has 0 rings (SSSR count). The van der Waals surface area contributed by atoms with Crippen LogP contribution in [0.25, 0.3) is 0 Å². The van der Waals surface area contributed by atoms with E-state index in [9.17, 15) is 4.79 Å². The molecule has 0 unspecified atom stereocenters. The van der Waals surface area contributed by atoms with E-state index < -0.39 is 0 Å². The summed E-state index contributed by atoms with van der Waals surface area (Å²) in [6.07, 6.45) is 3.54. The molecular formula is C13H32N4O. The van der Waals surface area contributed by atoms with Gasteiger partial charge in [-0.15, -0.1) is 0 Å². The van der Waals surface area contributed by atoms with Crippen LogP contribution in [0.4, 0.5) is 0 Å². The smallest absolute Gasteiger partial charge is 0.132 e. The normalized spacial score (nSPS) is 9.78. The van der Waals surface area contributed by atoms with Crippen LogP contribution in [0.2, 0.25) is 0 Å². The average molecular weight is 260 g/mol. The van der Waals surface area contributed by atoms with Gasteiger partial charge in [0.1, 0.15) is 5.78 Å². The number of hydrogen-bond acceptors (Lipinski definition) is 5. The van der Waals surface area contributed by atoms with Gasteiger partial charge in [-0.05, 0) is 12.8 Å². The monoisotopic (exact) mass is 260 g/mol. The molecule has 0 aromatic carbocycles. The van der Waals surface area contributed by atoms with Crippen LogP contribution in [0, 0.1) is 0 Å². The maximum Gasteiger partial charge on any atom is 0.132 e. The summed E-state index contributed by atoms with van der Waals surface area (Å²) in [6, 6.07) is 0. The van der Waals surface area contributed by atoms with E-state index in [1.165, 1.54) is 0 Å². The van der Waals surface area contributed by atoms with Gasteiger partial charge in [0.15, 0.2) is 0 Å². The molecule has 0 fully saturated rings. The molecular weight excluding hydrogens is 228 g/mol. The number of nitrogens with one attached hydrogen (secondary N) is 2. The van der Waals surface area contributed by atoms with Crippen molar-refractivity contribution in [1.29, 1.82) is 0 Å². The third kappa shape index (κ3) is 20.9. The largest absolute Gasteiger partial charge is 0.329 e. The van der Waals surface area contributed by atoms with E-state index >= 15 is 0 Å². The maximum atomic E-state index is 10.6. The number of Topliss-reactive ketones (excluding diaryl/α,β-unsaturated/α-hetero) is 1. The molecule has 0 bridgehead atoms. The van der Waals surface area contributed by atoms with Crippen molar-refractivity contribution >= 4 is 5.78 Å². The Hall–Kier alpha value is -0.490. The molecule has 6 N–H and O–H groups in total. The summed E-state index contributed by atoms with van der Waals surface area (Å²) < 4.78 is 0. The molecule has 110 valence electrons. The first-order valence-electron chi connectivity index (χ1n) is 7.06. The van der Waals surface area contributed by atoms with E-state index in [1.54, 1.807) is 0 Å². The Balaban J connectivity index is 0. The van der Waals surface area contributed by atoms with E-state index in [1.807, 2.05) is 13.8 Å². The molecule has 0 aromatic heterocycles. The van der Waals surface area contributed by atoms with Gasteiger partial charge in [-0.3, -0.25) is 4.79 Å². The van der Waals surface area contributed by atoms with E-state index in [0.717, 1.165) is 51.9 Å². The first-order chi connectivity index (χ1) is 8.72. The van der Waals surface area contributed by atoms with Gasteiger partial charge in [0.25, 0.3) is 0 Å². The molecule has 5 heteroatoms. The Bertz CT molecular complexity index is 149. The lowest BCUT2D eigenvalue weighted by atomic mass is 10.1. The predicted octanol–water partition coefficient (Wildman–Crippen LogP) is 0.239.